The molecular weight excluding hydrogens is 339 g/mol. The molecule has 0 saturated heterocycles. The van der Waals surface area contributed by atoms with Crippen LogP contribution in [0.3, 0.4) is 0 Å². The Balaban J connectivity index is 2.33. The van der Waals surface area contributed by atoms with E-state index in [0.717, 1.165) is 12.1 Å². The molecule has 0 unspecified atom stereocenters. The molecule has 126 valence electrons. The first-order valence-electron chi connectivity index (χ1n) is 7.14. The van der Waals surface area contributed by atoms with Crippen LogP contribution in [0.25, 0.3) is 5.57 Å². The van der Waals surface area contributed by atoms with Gasteiger partial charge >= 0.3 is 6.18 Å². The molecule has 0 amide bonds. The van der Waals surface area contributed by atoms with E-state index in [9.17, 15) is 18.0 Å². The first kappa shape index (κ1) is 18.1. The third-order valence-corrected chi connectivity index (χ3v) is 3.58. The van der Waals surface area contributed by atoms with Crippen molar-refractivity contribution in [3.8, 4) is 0 Å². The molecule has 0 atom stereocenters. The van der Waals surface area contributed by atoms with Crippen LogP contribution in [0.1, 0.15) is 16.7 Å². The van der Waals surface area contributed by atoms with Crippen LogP contribution in [0.4, 0.5) is 13.2 Å². The second kappa shape index (κ2) is 7.53. The zero-order chi connectivity index (χ0) is 17.7. The van der Waals surface area contributed by atoms with E-state index < -0.39 is 11.7 Å². The van der Waals surface area contributed by atoms with Gasteiger partial charge in [-0.3, -0.25) is 4.79 Å². The zero-order valence-corrected chi connectivity index (χ0v) is 13.6. The van der Waals surface area contributed by atoms with Gasteiger partial charge in [-0.1, -0.05) is 35.9 Å². The lowest BCUT2D eigenvalue weighted by atomic mass is 9.96. The molecule has 0 bridgehead atoms. The van der Waals surface area contributed by atoms with Gasteiger partial charge in [-0.2, -0.15) is 13.2 Å². The van der Waals surface area contributed by atoms with Crippen molar-refractivity contribution in [1.29, 1.82) is 0 Å². The number of Topliss-reactive ketones (excluding diaryl/α,β-unsaturated/α-hetero) is 1. The summed E-state index contributed by atoms with van der Waals surface area (Å²) in [5.74, 6) is -0.300. The van der Waals surface area contributed by atoms with Crippen LogP contribution in [0.2, 0.25) is 5.02 Å². The van der Waals surface area contributed by atoms with Crippen LogP contribution < -0.4 is 5.32 Å². The summed E-state index contributed by atoms with van der Waals surface area (Å²) in [6.45, 7) is 0. The summed E-state index contributed by atoms with van der Waals surface area (Å²) < 4.78 is 38.6. The fraction of sp³-hybridized carbons (Fsp3) is 0.167. The molecule has 0 radical (unpaired) electrons. The van der Waals surface area contributed by atoms with Crippen molar-refractivity contribution in [3.63, 3.8) is 0 Å². The van der Waals surface area contributed by atoms with Crippen molar-refractivity contribution in [1.82, 2.24) is 5.32 Å². The van der Waals surface area contributed by atoms with E-state index in [1.165, 1.54) is 18.3 Å². The number of ketones is 1. The van der Waals surface area contributed by atoms with Crippen molar-refractivity contribution in [2.45, 2.75) is 12.6 Å². The number of carbonyl (C=O) groups excluding carboxylic acids is 1. The molecule has 0 fully saturated rings. The number of benzene rings is 2. The number of hydrogen-bond donors (Lipinski definition) is 1. The third kappa shape index (κ3) is 4.61. The molecule has 24 heavy (non-hydrogen) atoms. The lowest BCUT2D eigenvalue weighted by Crippen LogP contribution is -2.11. The molecule has 0 heterocycles. The highest BCUT2D eigenvalue weighted by Gasteiger charge is 2.30. The highest BCUT2D eigenvalue weighted by atomic mass is 35.5. The Labute approximate surface area is 142 Å². The topological polar surface area (TPSA) is 29.1 Å². The largest absolute Gasteiger partial charge is 0.416 e. The van der Waals surface area contributed by atoms with Crippen molar-refractivity contribution in [2.75, 3.05) is 7.05 Å². The van der Waals surface area contributed by atoms with E-state index in [2.05, 4.69) is 5.32 Å². The molecule has 6 heteroatoms. The molecule has 0 saturated carbocycles. The van der Waals surface area contributed by atoms with Crippen LogP contribution in [-0.4, -0.2) is 12.8 Å². The van der Waals surface area contributed by atoms with Gasteiger partial charge in [0.05, 0.1) is 5.56 Å². The van der Waals surface area contributed by atoms with Gasteiger partial charge in [0.15, 0.2) is 5.78 Å². The smallest absolute Gasteiger partial charge is 0.393 e. The molecular formula is C18H15ClF3NO. The maximum Gasteiger partial charge on any atom is 0.416 e. The predicted octanol–water partition coefficient (Wildman–Crippen LogP) is 4.73. The van der Waals surface area contributed by atoms with E-state index in [1.54, 1.807) is 31.3 Å². The molecule has 0 aliphatic heterocycles. The zero-order valence-electron chi connectivity index (χ0n) is 12.8. The summed E-state index contributed by atoms with van der Waals surface area (Å²) in [7, 11) is 1.58. The number of carbonyl (C=O) groups is 1. The van der Waals surface area contributed by atoms with Crippen LogP contribution >= 0.6 is 11.6 Å². The molecule has 2 nitrogen and oxygen atoms in total. The van der Waals surface area contributed by atoms with Crippen LogP contribution in [-0.2, 0) is 17.4 Å². The minimum atomic E-state index is -4.46. The second-order valence-corrected chi connectivity index (χ2v) is 5.59. The van der Waals surface area contributed by atoms with Gasteiger partial charge in [0.2, 0.25) is 0 Å². The van der Waals surface area contributed by atoms with Gasteiger partial charge < -0.3 is 5.32 Å². The maximum absolute atomic E-state index is 12.9. The number of hydrogen-bond acceptors (Lipinski definition) is 2. The summed E-state index contributed by atoms with van der Waals surface area (Å²) in [4.78, 5) is 12.5. The van der Waals surface area contributed by atoms with Gasteiger partial charge in [0.1, 0.15) is 0 Å². The third-order valence-electron chi connectivity index (χ3n) is 3.34. The van der Waals surface area contributed by atoms with Crippen molar-refractivity contribution in [2.24, 2.45) is 0 Å². The number of halogens is 4. The summed E-state index contributed by atoms with van der Waals surface area (Å²) in [5, 5.41) is 3.21. The Hall–Kier alpha value is -2.27. The van der Waals surface area contributed by atoms with Crippen molar-refractivity contribution < 1.29 is 18.0 Å². The first-order chi connectivity index (χ1) is 11.3. The molecule has 1 N–H and O–H groups in total. The van der Waals surface area contributed by atoms with E-state index in [1.807, 2.05) is 0 Å². The minimum Gasteiger partial charge on any atom is -0.393 e. The van der Waals surface area contributed by atoms with Gasteiger partial charge in [0.25, 0.3) is 0 Å². The fourth-order valence-electron chi connectivity index (χ4n) is 2.26. The van der Waals surface area contributed by atoms with Gasteiger partial charge in [-0.05, 0) is 35.4 Å². The van der Waals surface area contributed by atoms with E-state index in [4.69, 9.17) is 11.6 Å². The minimum absolute atomic E-state index is 0.0460. The number of allylic oxidation sites excluding steroid dienone is 1. The maximum atomic E-state index is 12.9. The molecule has 0 aliphatic carbocycles. The van der Waals surface area contributed by atoms with Crippen LogP contribution in [0.5, 0.6) is 0 Å². The first-order valence-corrected chi connectivity index (χ1v) is 7.52. The molecule has 0 aromatic heterocycles. The van der Waals surface area contributed by atoms with Crippen molar-refractivity contribution in [3.05, 3.63) is 76.4 Å². The van der Waals surface area contributed by atoms with Crippen molar-refractivity contribution >= 4 is 23.0 Å². The summed E-state index contributed by atoms with van der Waals surface area (Å²) in [6, 6.07) is 11.5. The summed E-state index contributed by atoms with van der Waals surface area (Å²) in [5.41, 5.74) is 0.300. The van der Waals surface area contributed by atoms with E-state index >= 15 is 0 Å². The second-order valence-electron chi connectivity index (χ2n) is 5.16. The standard InChI is InChI=1S/C18H15ClF3NO/c1-23-11-16(13-5-3-6-14(10-13)18(20,21)22)17(24)9-12-4-2-7-15(19)8-12/h2-8,10-11,23H,9H2,1H3. The molecule has 0 spiro atoms. The number of rotatable bonds is 5. The fourth-order valence-corrected chi connectivity index (χ4v) is 2.47. The number of alkyl halides is 3. The van der Waals surface area contributed by atoms with Gasteiger partial charge in [-0.25, -0.2) is 0 Å². The predicted molar refractivity (Wildman–Crippen MR) is 88.6 cm³/mol. The Morgan fingerprint density at radius 3 is 2.50 bits per heavy atom. The summed E-state index contributed by atoms with van der Waals surface area (Å²) in [6.07, 6.45) is -3.01. The highest BCUT2D eigenvalue weighted by molar-refractivity contribution is 6.30. The lowest BCUT2D eigenvalue weighted by molar-refractivity contribution is -0.137. The summed E-state index contributed by atoms with van der Waals surface area (Å²) >= 11 is 5.89. The van der Waals surface area contributed by atoms with E-state index in [0.29, 0.717) is 10.6 Å². The van der Waals surface area contributed by atoms with Crippen LogP contribution in [0, 0.1) is 0 Å². The Morgan fingerprint density at radius 2 is 1.88 bits per heavy atom. The quantitative estimate of drug-likeness (QED) is 0.787. The molecule has 0 aliphatic rings. The van der Waals surface area contributed by atoms with Crippen LogP contribution in [0.15, 0.2) is 54.7 Å². The van der Waals surface area contributed by atoms with E-state index in [-0.39, 0.29) is 23.3 Å². The van der Waals surface area contributed by atoms with Gasteiger partial charge in [0, 0.05) is 30.3 Å². The number of nitrogens with one attached hydrogen (secondary N) is 1. The Bertz CT molecular complexity index is 769. The molecule has 2 rings (SSSR count). The lowest BCUT2D eigenvalue weighted by Gasteiger charge is -2.11. The highest BCUT2D eigenvalue weighted by Crippen LogP contribution is 2.31. The Morgan fingerprint density at radius 1 is 1.17 bits per heavy atom. The molecule has 2 aromatic rings. The normalized spacial score (nSPS) is 12.1. The Kier molecular flexibility index (Phi) is 5.67. The monoisotopic (exact) mass is 353 g/mol. The molecule has 2 aromatic carbocycles. The SMILES string of the molecule is CNC=C(C(=O)Cc1cccc(Cl)c1)c1cccc(C(F)(F)F)c1. The average molecular weight is 354 g/mol. The van der Waals surface area contributed by atoms with Gasteiger partial charge in [-0.15, -0.1) is 0 Å². The average Bonchev–Trinajstić information content (AvgIpc) is 2.52.